The van der Waals surface area contributed by atoms with Gasteiger partial charge >= 0.3 is 0 Å². The molecule has 0 aromatic heterocycles. The first kappa shape index (κ1) is 11.1. The summed E-state index contributed by atoms with van der Waals surface area (Å²) in [7, 11) is 0. The van der Waals surface area contributed by atoms with Crippen molar-refractivity contribution in [1.82, 2.24) is 0 Å². The Morgan fingerprint density at radius 1 is 1.50 bits per heavy atom. The first-order chi connectivity index (χ1) is 7.48. The molecule has 0 radical (unpaired) electrons. The zero-order valence-electron chi connectivity index (χ0n) is 9.73. The van der Waals surface area contributed by atoms with Gasteiger partial charge in [0.25, 0.3) is 0 Å². The molecule has 0 aliphatic carbocycles. The van der Waals surface area contributed by atoms with Gasteiger partial charge in [-0.25, -0.2) is 0 Å². The monoisotopic (exact) mass is 219 g/mol. The molecule has 1 fully saturated rings. The minimum absolute atomic E-state index is 0.0767. The van der Waals surface area contributed by atoms with Gasteiger partial charge in [-0.1, -0.05) is 12.1 Å². The highest BCUT2D eigenvalue weighted by Crippen LogP contribution is 2.26. The highest BCUT2D eigenvalue weighted by atomic mass is 16.3. The van der Waals surface area contributed by atoms with Gasteiger partial charge in [0, 0.05) is 24.3 Å². The highest BCUT2D eigenvalue weighted by Gasteiger charge is 2.31. The Balaban J connectivity index is 2.22. The van der Waals surface area contributed by atoms with E-state index < -0.39 is 5.60 Å². The maximum atomic E-state index is 11.3. The Bertz CT molecular complexity index is 412. The molecule has 0 amide bonds. The molecule has 1 saturated heterocycles. The molecule has 0 spiro atoms. The molecule has 3 heteroatoms. The number of Topliss-reactive ketones (excluding diaryl/α,β-unsaturated/α-hetero) is 1. The van der Waals surface area contributed by atoms with Crippen LogP contribution in [0.2, 0.25) is 0 Å². The van der Waals surface area contributed by atoms with E-state index >= 15 is 0 Å². The van der Waals surface area contributed by atoms with Crippen molar-refractivity contribution < 1.29 is 9.90 Å². The van der Waals surface area contributed by atoms with Gasteiger partial charge < -0.3 is 10.0 Å². The predicted molar refractivity (Wildman–Crippen MR) is 63.9 cm³/mol. The summed E-state index contributed by atoms with van der Waals surface area (Å²) in [5, 5.41) is 9.90. The molecule has 1 heterocycles. The Morgan fingerprint density at radius 2 is 2.25 bits per heavy atom. The fourth-order valence-electron chi connectivity index (χ4n) is 2.09. The van der Waals surface area contributed by atoms with Crippen molar-refractivity contribution in [1.29, 1.82) is 0 Å². The smallest absolute Gasteiger partial charge is 0.159 e. The highest BCUT2D eigenvalue weighted by molar-refractivity contribution is 5.95. The van der Waals surface area contributed by atoms with Crippen molar-refractivity contribution in [3.63, 3.8) is 0 Å². The van der Waals surface area contributed by atoms with Crippen LogP contribution in [0.15, 0.2) is 24.3 Å². The van der Waals surface area contributed by atoms with Crippen LogP contribution in [0, 0.1) is 0 Å². The summed E-state index contributed by atoms with van der Waals surface area (Å²) >= 11 is 0. The maximum absolute atomic E-state index is 11.3. The summed E-state index contributed by atoms with van der Waals surface area (Å²) in [4.78, 5) is 13.4. The van der Waals surface area contributed by atoms with Crippen molar-refractivity contribution >= 4 is 11.5 Å². The molecule has 16 heavy (non-hydrogen) atoms. The number of hydrogen-bond acceptors (Lipinski definition) is 3. The molecule has 1 unspecified atom stereocenters. The third kappa shape index (κ3) is 2.25. The van der Waals surface area contributed by atoms with Crippen molar-refractivity contribution in [2.24, 2.45) is 0 Å². The van der Waals surface area contributed by atoms with Crippen molar-refractivity contribution in [2.75, 3.05) is 18.0 Å². The lowest BCUT2D eigenvalue weighted by Crippen LogP contribution is -2.29. The third-order valence-corrected chi connectivity index (χ3v) is 3.07. The Labute approximate surface area is 95.7 Å². The van der Waals surface area contributed by atoms with Crippen molar-refractivity contribution in [3.8, 4) is 0 Å². The molecule has 86 valence electrons. The summed E-state index contributed by atoms with van der Waals surface area (Å²) in [6.45, 7) is 4.89. The molecule has 1 aromatic carbocycles. The Kier molecular flexibility index (Phi) is 2.72. The number of aliphatic hydroxyl groups is 1. The molecule has 1 N–H and O–H groups in total. The molecule has 1 aromatic rings. The molecule has 0 bridgehead atoms. The number of rotatable bonds is 2. The quantitative estimate of drug-likeness (QED) is 0.772. The normalized spacial score (nSPS) is 24.8. The maximum Gasteiger partial charge on any atom is 0.159 e. The van der Waals surface area contributed by atoms with E-state index in [0.717, 1.165) is 24.2 Å². The number of hydrogen-bond donors (Lipinski definition) is 1. The lowest BCUT2D eigenvalue weighted by atomic mass is 10.1. The second-order valence-corrected chi connectivity index (χ2v) is 4.78. The third-order valence-electron chi connectivity index (χ3n) is 3.07. The molecule has 2 rings (SSSR count). The number of anilines is 1. The zero-order chi connectivity index (χ0) is 11.8. The van der Waals surface area contributed by atoms with E-state index in [9.17, 15) is 9.90 Å². The van der Waals surface area contributed by atoms with E-state index in [4.69, 9.17) is 0 Å². The van der Waals surface area contributed by atoms with Crippen LogP contribution in [0.5, 0.6) is 0 Å². The molecule has 1 atom stereocenters. The van der Waals surface area contributed by atoms with Crippen LogP contribution in [-0.2, 0) is 0 Å². The van der Waals surface area contributed by atoms with Crippen LogP contribution >= 0.6 is 0 Å². The number of ketones is 1. The fraction of sp³-hybridized carbons (Fsp3) is 0.462. The Morgan fingerprint density at radius 3 is 2.81 bits per heavy atom. The summed E-state index contributed by atoms with van der Waals surface area (Å²) < 4.78 is 0. The molecule has 0 saturated carbocycles. The molecule has 3 nitrogen and oxygen atoms in total. The number of carbonyl (C=O) groups is 1. The average molecular weight is 219 g/mol. The Hall–Kier alpha value is -1.35. The summed E-state index contributed by atoms with van der Waals surface area (Å²) in [6, 6.07) is 7.58. The van der Waals surface area contributed by atoms with Crippen LogP contribution < -0.4 is 4.90 Å². The minimum Gasteiger partial charge on any atom is -0.388 e. The number of carbonyl (C=O) groups excluding carboxylic acids is 1. The summed E-state index contributed by atoms with van der Waals surface area (Å²) in [5.74, 6) is 0.0767. The zero-order valence-corrected chi connectivity index (χ0v) is 9.73. The summed E-state index contributed by atoms with van der Waals surface area (Å²) in [5.41, 5.74) is 1.14. The standard InChI is InChI=1S/C13H17NO2/c1-10(15)11-4-3-5-12(8-11)14-7-6-13(2,16)9-14/h3-5,8,16H,6-7,9H2,1-2H3. The molecular formula is C13H17NO2. The van der Waals surface area contributed by atoms with E-state index in [0.29, 0.717) is 6.54 Å². The van der Waals surface area contributed by atoms with Gasteiger partial charge in [0.2, 0.25) is 0 Å². The van der Waals surface area contributed by atoms with Crippen LogP contribution in [0.25, 0.3) is 0 Å². The van der Waals surface area contributed by atoms with Gasteiger partial charge in [0.05, 0.1) is 5.60 Å². The van der Waals surface area contributed by atoms with Gasteiger partial charge in [0.15, 0.2) is 5.78 Å². The number of benzene rings is 1. The topological polar surface area (TPSA) is 40.5 Å². The van der Waals surface area contributed by atoms with Gasteiger partial charge in [0.1, 0.15) is 0 Å². The van der Waals surface area contributed by atoms with Gasteiger partial charge in [-0.2, -0.15) is 0 Å². The number of β-amino-alcohol motifs (C(OH)–C–C–N with tert-alkyl or cyclic N) is 1. The van der Waals surface area contributed by atoms with Crippen molar-refractivity contribution in [2.45, 2.75) is 25.9 Å². The van der Waals surface area contributed by atoms with E-state index in [2.05, 4.69) is 4.90 Å². The first-order valence-corrected chi connectivity index (χ1v) is 5.56. The lowest BCUT2D eigenvalue weighted by molar-refractivity contribution is 0.0839. The van der Waals surface area contributed by atoms with Crippen LogP contribution in [0.3, 0.4) is 0 Å². The van der Waals surface area contributed by atoms with Crippen LogP contribution in [0.4, 0.5) is 5.69 Å². The first-order valence-electron chi connectivity index (χ1n) is 5.56. The summed E-state index contributed by atoms with van der Waals surface area (Å²) in [6.07, 6.45) is 0.775. The lowest BCUT2D eigenvalue weighted by Gasteiger charge is -2.21. The van der Waals surface area contributed by atoms with Gasteiger partial charge in [-0.05, 0) is 32.4 Å². The molecular weight excluding hydrogens is 202 g/mol. The van der Waals surface area contributed by atoms with Gasteiger partial charge in [-0.15, -0.1) is 0 Å². The SMILES string of the molecule is CC(=O)c1cccc(N2CCC(C)(O)C2)c1. The van der Waals surface area contributed by atoms with E-state index in [-0.39, 0.29) is 5.78 Å². The van der Waals surface area contributed by atoms with Crippen LogP contribution in [0.1, 0.15) is 30.6 Å². The van der Waals surface area contributed by atoms with E-state index in [1.165, 1.54) is 0 Å². The van der Waals surface area contributed by atoms with Crippen molar-refractivity contribution in [3.05, 3.63) is 29.8 Å². The number of nitrogens with zero attached hydrogens (tertiary/aromatic N) is 1. The average Bonchev–Trinajstić information content (AvgIpc) is 2.59. The fourth-order valence-corrected chi connectivity index (χ4v) is 2.09. The second-order valence-electron chi connectivity index (χ2n) is 4.78. The molecule has 1 aliphatic rings. The van der Waals surface area contributed by atoms with Gasteiger partial charge in [-0.3, -0.25) is 4.79 Å². The van der Waals surface area contributed by atoms with E-state index in [1.54, 1.807) is 6.92 Å². The van der Waals surface area contributed by atoms with Crippen LogP contribution in [-0.4, -0.2) is 29.6 Å². The predicted octanol–water partition coefficient (Wildman–Crippen LogP) is 1.85. The largest absolute Gasteiger partial charge is 0.388 e. The van der Waals surface area contributed by atoms with E-state index in [1.807, 2.05) is 31.2 Å². The second kappa shape index (κ2) is 3.91. The molecule has 1 aliphatic heterocycles. The minimum atomic E-state index is -0.605.